The summed E-state index contributed by atoms with van der Waals surface area (Å²) in [5, 5.41) is 9.73. The zero-order valence-corrected chi connectivity index (χ0v) is 11.1. The number of aliphatic hydroxyl groups is 1. The Morgan fingerprint density at radius 2 is 2.22 bits per heavy atom. The van der Waals surface area contributed by atoms with E-state index in [1.165, 1.54) is 6.42 Å². The molecule has 1 aliphatic rings. The van der Waals surface area contributed by atoms with Gasteiger partial charge in [0.25, 0.3) is 0 Å². The van der Waals surface area contributed by atoms with Gasteiger partial charge in [0.15, 0.2) is 11.5 Å². The summed E-state index contributed by atoms with van der Waals surface area (Å²) in [6.45, 7) is -0.162. The summed E-state index contributed by atoms with van der Waals surface area (Å²) in [4.78, 5) is 0. The molecule has 0 aromatic heterocycles. The number of aliphatic hydroxyl groups excluding tert-OH is 1. The van der Waals surface area contributed by atoms with Gasteiger partial charge in [-0.05, 0) is 25.3 Å². The van der Waals surface area contributed by atoms with Crippen molar-refractivity contribution in [3.05, 3.63) is 22.7 Å². The Balaban J connectivity index is 2.36. The molecule has 3 N–H and O–H groups in total. The van der Waals surface area contributed by atoms with Gasteiger partial charge >= 0.3 is 0 Å². The van der Waals surface area contributed by atoms with Gasteiger partial charge in [0.2, 0.25) is 0 Å². The van der Waals surface area contributed by atoms with Crippen molar-refractivity contribution in [2.75, 3.05) is 13.7 Å². The van der Waals surface area contributed by atoms with E-state index < -0.39 is 6.04 Å². The van der Waals surface area contributed by atoms with Crippen LogP contribution in [-0.4, -0.2) is 24.9 Å². The molecule has 0 aliphatic heterocycles. The van der Waals surface area contributed by atoms with Crippen molar-refractivity contribution in [1.29, 1.82) is 0 Å². The lowest BCUT2D eigenvalue weighted by Gasteiger charge is -2.29. The van der Waals surface area contributed by atoms with Crippen LogP contribution in [0.5, 0.6) is 11.5 Å². The third-order valence-electron chi connectivity index (χ3n) is 3.20. The molecule has 0 bridgehead atoms. The number of ether oxygens (including phenoxy) is 2. The smallest absolute Gasteiger partial charge is 0.166 e. The number of nitrogens with two attached hydrogens (primary N) is 1. The lowest BCUT2D eigenvalue weighted by molar-refractivity contribution is 0.113. The van der Waals surface area contributed by atoms with Crippen LogP contribution in [-0.2, 0) is 0 Å². The Morgan fingerprint density at radius 3 is 2.72 bits per heavy atom. The first-order chi connectivity index (χ1) is 8.65. The second-order valence-electron chi connectivity index (χ2n) is 4.49. The molecule has 2 rings (SSSR count). The van der Waals surface area contributed by atoms with Gasteiger partial charge in [-0.15, -0.1) is 0 Å². The van der Waals surface area contributed by atoms with Gasteiger partial charge in [-0.3, -0.25) is 0 Å². The van der Waals surface area contributed by atoms with Crippen molar-refractivity contribution in [1.82, 2.24) is 0 Å². The van der Waals surface area contributed by atoms with Crippen LogP contribution in [0.4, 0.5) is 0 Å². The molecule has 0 saturated heterocycles. The van der Waals surface area contributed by atoms with E-state index >= 15 is 0 Å². The molecule has 1 saturated carbocycles. The zero-order chi connectivity index (χ0) is 13.1. The van der Waals surface area contributed by atoms with Gasteiger partial charge in [0.1, 0.15) is 0 Å². The Labute approximate surface area is 112 Å². The fraction of sp³-hybridized carbons (Fsp3) is 0.538. The number of halogens is 1. The monoisotopic (exact) mass is 271 g/mol. The third-order valence-corrected chi connectivity index (χ3v) is 3.42. The molecular formula is C13H18ClNO3. The Morgan fingerprint density at radius 1 is 1.50 bits per heavy atom. The van der Waals surface area contributed by atoms with Crippen molar-refractivity contribution in [3.8, 4) is 11.5 Å². The summed E-state index contributed by atoms with van der Waals surface area (Å²) >= 11 is 6.01. The standard InChI is InChI=1S/C13H18ClNO3/c1-17-12-6-8(14)5-10(11(15)7-16)13(12)18-9-3-2-4-9/h5-6,9,11,16H,2-4,7,15H2,1H3. The van der Waals surface area contributed by atoms with Crippen molar-refractivity contribution in [2.45, 2.75) is 31.4 Å². The summed E-state index contributed by atoms with van der Waals surface area (Å²) < 4.78 is 11.2. The summed E-state index contributed by atoms with van der Waals surface area (Å²) in [5.74, 6) is 1.17. The van der Waals surface area contributed by atoms with E-state index in [2.05, 4.69) is 0 Å². The number of hydrogen-bond acceptors (Lipinski definition) is 4. The van der Waals surface area contributed by atoms with Crippen molar-refractivity contribution >= 4 is 11.6 Å². The quantitative estimate of drug-likeness (QED) is 0.862. The lowest BCUT2D eigenvalue weighted by atomic mass is 9.96. The predicted molar refractivity (Wildman–Crippen MR) is 70.3 cm³/mol. The van der Waals surface area contributed by atoms with Gasteiger partial charge in [-0.1, -0.05) is 11.6 Å². The third kappa shape index (κ3) is 2.71. The second-order valence-corrected chi connectivity index (χ2v) is 4.92. The molecule has 4 nitrogen and oxygen atoms in total. The van der Waals surface area contributed by atoms with Gasteiger partial charge in [0, 0.05) is 16.7 Å². The minimum atomic E-state index is -0.521. The highest BCUT2D eigenvalue weighted by molar-refractivity contribution is 6.30. The number of hydrogen-bond donors (Lipinski definition) is 2. The fourth-order valence-corrected chi connectivity index (χ4v) is 2.11. The first-order valence-corrected chi connectivity index (χ1v) is 6.44. The van der Waals surface area contributed by atoms with Crippen LogP contribution >= 0.6 is 11.6 Å². The number of rotatable bonds is 5. The average Bonchev–Trinajstić information content (AvgIpc) is 2.32. The highest BCUT2D eigenvalue weighted by atomic mass is 35.5. The molecule has 5 heteroatoms. The Hall–Kier alpha value is -0.970. The Bertz CT molecular complexity index is 421. The maximum absolute atomic E-state index is 9.21. The minimum absolute atomic E-state index is 0.162. The van der Waals surface area contributed by atoms with E-state index in [1.54, 1.807) is 19.2 Å². The normalized spacial score (nSPS) is 17.1. The van der Waals surface area contributed by atoms with E-state index in [0.717, 1.165) is 12.8 Å². The topological polar surface area (TPSA) is 64.7 Å². The largest absolute Gasteiger partial charge is 0.493 e. The van der Waals surface area contributed by atoms with Crippen LogP contribution < -0.4 is 15.2 Å². The lowest BCUT2D eigenvalue weighted by Crippen LogP contribution is -2.26. The number of benzene rings is 1. The summed E-state index contributed by atoms with van der Waals surface area (Å²) in [7, 11) is 1.56. The Kier molecular flexibility index (Phi) is 4.32. The number of methoxy groups -OCH3 is 1. The summed E-state index contributed by atoms with van der Waals surface area (Å²) in [6, 6.07) is 2.90. The van der Waals surface area contributed by atoms with Crippen molar-refractivity contribution in [3.63, 3.8) is 0 Å². The molecule has 18 heavy (non-hydrogen) atoms. The van der Waals surface area contributed by atoms with Crippen LogP contribution in [0.15, 0.2) is 12.1 Å². The SMILES string of the molecule is COc1cc(Cl)cc(C(N)CO)c1OC1CCC1. The average molecular weight is 272 g/mol. The molecule has 0 amide bonds. The summed E-state index contributed by atoms with van der Waals surface area (Å²) in [5.41, 5.74) is 6.57. The molecule has 0 spiro atoms. The molecule has 1 aromatic carbocycles. The first kappa shape index (κ1) is 13.5. The van der Waals surface area contributed by atoms with Gasteiger partial charge in [-0.25, -0.2) is 0 Å². The van der Waals surface area contributed by atoms with Crippen molar-refractivity contribution in [2.24, 2.45) is 5.73 Å². The highest BCUT2D eigenvalue weighted by Gasteiger charge is 2.24. The maximum atomic E-state index is 9.21. The van der Waals surface area contributed by atoms with Crippen LogP contribution in [0, 0.1) is 0 Å². The molecule has 100 valence electrons. The van der Waals surface area contributed by atoms with Gasteiger partial charge < -0.3 is 20.3 Å². The molecule has 1 aromatic rings. The van der Waals surface area contributed by atoms with E-state index in [0.29, 0.717) is 22.1 Å². The predicted octanol–water partition coefficient (Wildman–Crippen LogP) is 2.27. The second kappa shape index (κ2) is 5.78. The van der Waals surface area contributed by atoms with Gasteiger partial charge in [-0.2, -0.15) is 0 Å². The molecule has 0 heterocycles. The summed E-state index contributed by atoms with van der Waals surface area (Å²) in [6.07, 6.45) is 3.48. The molecule has 1 unspecified atom stereocenters. The highest BCUT2D eigenvalue weighted by Crippen LogP contribution is 2.39. The molecule has 1 atom stereocenters. The van der Waals surface area contributed by atoms with E-state index in [9.17, 15) is 5.11 Å². The van der Waals surface area contributed by atoms with E-state index in [-0.39, 0.29) is 12.7 Å². The molecular weight excluding hydrogens is 254 g/mol. The first-order valence-electron chi connectivity index (χ1n) is 6.06. The molecule has 1 aliphatic carbocycles. The van der Waals surface area contributed by atoms with Crippen LogP contribution in [0.25, 0.3) is 0 Å². The fourth-order valence-electron chi connectivity index (χ4n) is 1.90. The zero-order valence-electron chi connectivity index (χ0n) is 10.4. The maximum Gasteiger partial charge on any atom is 0.166 e. The van der Waals surface area contributed by atoms with E-state index in [4.69, 9.17) is 26.8 Å². The van der Waals surface area contributed by atoms with Crippen LogP contribution in [0.3, 0.4) is 0 Å². The molecule has 1 fully saturated rings. The van der Waals surface area contributed by atoms with E-state index in [1.807, 2.05) is 0 Å². The minimum Gasteiger partial charge on any atom is -0.493 e. The van der Waals surface area contributed by atoms with Crippen LogP contribution in [0.2, 0.25) is 5.02 Å². The van der Waals surface area contributed by atoms with Gasteiger partial charge in [0.05, 0.1) is 25.9 Å². The van der Waals surface area contributed by atoms with Crippen LogP contribution in [0.1, 0.15) is 30.9 Å². The molecule has 0 radical (unpaired) electrons. The van der Waals surface area contributed by atoms with Crippen molar-refractivity contribution < 1.29 is 14.6 Å².